The van der Waals surface area contributed by atoms with Crippen LogP contribution in [0.5, 0.6) is 0 Å². The maximum atomic E-state index is 13.5. The number of carbonyl (C=O) groups excluding carboxylic acids is 1. The Morgan fingerprint density at radius 2 is 1.64 bits per heavy atom. The normalized spacial score (nSPS) is 40.1. The van der Waals surface area contributed by atoms with E-state index in [9.17, 15) is 4.79 Å². The van der Waals surface area contributed by atoms with Gasteiger partial charge in [0.05, 0.1) is 11.9 Å². The smallest absolute Gasteiger partial charge is 0.237 e. The van der Waals surface area contributed by atoms with E-state index in [1.807, 2.05) is 0 Å². The van der Waals surface area contributed by atoms with Gasteiger partial charge in [0.2, 0.25) is 5.91 Å². The minimum Gasteiger partial charge on any atom is -0.387 e. The van der Waals surface area contributed by atoms with Crippen LogP contribution in [0.4, 0.5) is 0 Å². The maximum Gasteiger partial charge on any atom is 0.237 e. The highest BCUT2D eigenvalue weighted by atomic mass is 16.2. The summed E-state index contributed by atoms with van der Waals surface area (Å²) in [5, 5.41) is 14.9. The summed E-state index contributed by atoms with van der Waals surface area (Å²) in [6.45, 7) is 4.08. The molecule has 3 saturated carbocycles. The molecule has 33 heavy (non-hydrogen) atoms. The third-order valence-electron chi connectivity index (χ3n) is 10.2. The molecule has 1 amide bonds. The molecule has 5 fully saturated rings. The topological polar surface area (TPSA) is 94.2 Å². The van der Waals surface area contributed by atoms with Crippen molar-refractivity contribution in [1.82, 2.24) is 15.5 Å². The Balaban J connectivity index is 1.25. The third-order valence-corrected chi connectivity index (χ3v) is 10.2. The van der Waals surface area contributed by atoms with E-state index in [0.29, 0.717) is 23.7 Å². The minimum atomic E-state index is 0.0245. The second-order valence-corrected chi connectivity index (χ2v) is 12.2. The monoisotopic (exact) mass is 457 g/mol. The summed E-state index contributed by atoms with van der Waals surface area (Å²) in [6, 6.07) is 0.461. The van der Waals surface area contributed by atoms with Gasteiger partial charge in [0.15, 0.2) is 0 Å². The number of carbonyl (C=O) groups is 1. The number of hydrogen-bond acceptors (Lipinski definition) is 4. The van der Waals surface area contributed by atoms with Crippen molar-refractivity contribution in [3.63, 3.8) is 0 Å². The lowest BCUT2D eigenvalue weighted by Crippen LogP contribution is -2.51. The molecule has 2 aliphatic heterocycles. The lowest BCUT2D eigenvalue weighted by molar-refractivity contribution is -0.126. The first kappa shape index (κ1) is 23.6. The fourth-order valence-corrected chi connectivity index (χ4v) is 8.23. The first-order valence-electron chi connectivity index (χ1n) is 14.2. The standard InChI is InChI=1S/C27H47N5O/c28-26(29)23-8-7-22-14-25(27(33)31-16-18-9-11-30-12-10-18)32(24(22)15-23)17-19-5-6-20-3-1-2-4-21(20)13-19/h18-25,30H,1-17H2,(H3,28,29)(H,31,33). The summed E-state index contributed by atoms with van der Waals surface area (Å²) >= 11 is 0. The average Bonchev–Trinajstić information content (AvgIpc) is 3.20. The summed E-state index contributed by atoms with van der Waals surface area (Å²) in [5.41, 5.74) is 5.96. The molecule has 0 radical (unpaired) electrons. The largest absolute Gasteiger partial charge is 0.387 e. The molecule has 2 saturated heterocycles. The predicted octanol–water partition coefficient (Wildman–Crippen LogP) is 3.50. The molecule has 0 spiro atoms. The number of fused-ring (bicyclic) bond motifs is 2. The van der Waals surface area contributed by atoms with Gasteiger partial charge in [0, 0.05) is 25.0 Å². The van der Waals surface area contributed by atoms with Crippen molar-refractivity contribution >= 4 is 11.7 Å². The van der Waals surface area contributed by atoms with Gasteiger partial charge in [0.25, 0.3) is 0 Å². The molecule has 3 aliphatic carbocycles. The number of hydrogen-bond donors (Lipinski definition) is 4. The molecule has 6 heteroatoms. The molecule has 6 nitrogen and oxygen atoms in total. The molecule has 5 rings (SSSR count). The van der Waals surface area contributed by atoms with E-state index < -0.39 is 0 Å². The van der Waals surface area contributed by atoms with Crippen molar-refractivity contribution in [2.75, 3.05) is 26.2 Å². The van der Waals surface area contributed by atoms with Crippen molar-refractivity contribution in [3.8, 4) is 0 Å². The first-order chi connectivity index (χ1) is 16.1. The molecule has 0 aromatic rings. The summed E-state index contributed by atoms with van der Waals surface area (Å²) in [4.78, 5) is 16.1. The number of amidine groups is 1. The zero-order valence-electron chi connectivity index (χ0n) is 20.6. The van der Waals surface area contributed by atoms with E-state index in [-0.39, 0.29) is 17.9 Å². The predicted molar refractivity (Wildman–Crippen MR) is 133 cm³/mol. The van der Waals surface area contributed by atoms with Gasteiger partial charge in [-0.05, 0) is 100 Å². The van der Waals surface area contributed by atoms with Crippen LogP contribution in [0.25, 0.3) is 0 Å². The number of piperidine rings is 1. The summed E-state index contributed by atoms with van der Waals surface area (Å²) in [5.74, 6) is 4.70. The first-order valence-corrected chi connectivity index (χ1v) is 14.2. The fraction of sp³-hybridized carbons (Fsp3) is 0.926. The SMILES string of the molecule is N=C(N)C1CCC2CC(C(=O)NCC3CCNCC3)N(CC3CCC4CCCCC4C3)C2C1. The Bertz CT molecular complexity index is 692. The van der Waals surface area contributed by atoms with Crippen LogP contribution in [0.15, 0.2) is 0 Å². The van der Waals surface area contributed by atoms with E-state index >= 15 is 0 Å². The lowest BCUT2D eigenvalue weighted by atomic mass is 9.67. The molecule has 186 valence electrons. The quantitative estimate of drug-likeness (QED) is 0.363. The highest BCUT2D eigenvalue weighted by Gasteiger charge is 2.48. The second-order valence-electron chi connectivity index (χ2n) is 12.2. The molecule has 0 aromatic heterocycles. The number of nitrogens with zero attached hydrogens (tertiary/aromatic N) is 1. The third kappa shape index (κ3) is 5.42. The summed E-state index contributed by atoms with van der Waals surface area (Å²) in [6.07, 6.45) is 16.3. The highest BCUT2D eigenvalue weighted by molar-refractivity contribution is 5.82. The molecule has 5 aliphatic rings. The zero-order chi connectivity index (χ0) is 22.8. The van der Waals surface area contributed by atoms with Crippen LogP contribution < -0.4 is 16.4 Å². The van der Waals surface area contributed by atoms with Gasteiger partial charge < -0.3 is 16.4 Å². The van der Waals surface area contributed by atoms with Gasteiger partial charge in [-0.1, -0.05) is 25.7 Å². The van der Waals surface area contributed by atoms with Crippen LogP contribution in [0.2, 0.25) is 0 Å². The lowest BCUT2D eigenvalue weighted by Gasteiger charge is -2.43. The van der Waals surface area contributed by atoms with Gasteiger partial charge in [-0.25, -0.2) is 0 Å². The van der Waals surface area contributed by atoms with E-state index in [1.165, 1.54) is 57.8 Å². The molecule has 0 aromatic carbocycles. The summed E-state index contributed by atoms with van der Waals surface area (Å²) < 4.78 is 0. The van der Waals surface area contributed by atoms with Gasteiger partial charge in [0.1, 0.15) is 0 Å². The Morgan fingerprint density at radius 1 is 0.879 bits per heavy atom. The number of nitrogens with one attached hydrogen (secondary N) is 3. The molecular weight excluding hydrogens is 410 g/mol. The van der Waals surface area contributed by atoms with Crippen molar-refractivity contribution in [2.45, 2.75) is 95.6 Å². The molecular formula is C27H47N5O. The summed E-state index contributed by atoms with van der Waals surface area (Å²) in [7, 11) is 0. The van der Waals surface area contributed by atoms with Crippen LogP contribution in [0, 0.1) is 40.9 Å². The molecule has 5 N–H and O–H groups in total. The zero-order valence-corrected chi connectivity index (χ0v) is 20.6. The number of amides is 1. The van der Waals surface area contributed by atoms with Gasteiger partial charge in [-0.2, -0.15) is 0 Å². The van der Waals surface area contributed by atoms with Crippen molar-refractivity contribution in [2.24, 2.45) is 41.2 Å². The van der Waals surface area contributed by atoms with E-state index in [0.717, 1.165) is 69.6 Å². The number of likely N-dealkylation sites (tertiary alicyclic amines) is 1. The van der Waals surface area contributed by atoms with Crippen LogP contribution in [0.3, 0.4) is 0 Å². The van der Waals surface area contributed by atoms with Gasteiger partial charge in [-0.15, -0.1) is 0 Å². The Morgan fingerprint density at radius 3 is 2.42 bits per heavy atom. The Hall–Kier alpha value is -1.14. The van der Waals surface area contributed by atoms with Crippen molar-refractivity contribution in [3.05, 3.63) is 0 Å². The van der Waals surface area contributed by atoms with Gasteiger partial charge >= 0.3 is 0 Å². The average molecular weight is 458 g/mol. The minimum absolute atomic E-state index is 0.0245. The molecule has 7 unspecified atom stereocenters. The molecule has 2 heterocycles. The maximum absolute atomic E-state index is 13.5. The Labute approximate surface area is 200 Å². The van der Waals surface area contributed by atoms with Crippen LogP contribution >= 0.6 is 0 Å². The van der Waals surface area contributed by atoms with E-state index in [1.54, 1.807) is 0 Å². The van der Waals surface area contributed by atoms with E-state index in [4.69, 9.17) is 11.1 Å². The van der Waals surface area contributed by atoms with Crippen LogP contribution in [-0.4, -0.2) is 54.9 Å². The fourth-order valence-electron chi connectivity index (χ4n) is 8.23. The number of rotatable bonds is 6. The highest BCUT2D eigenvalue weighted by Crippen LogP contribution is 2.46. The van der Waals surface area contributed by atoms with E-state index in [2.05, 4.69) is 15.5 Å². The number of nitrogens with two attached hydrogens (primary N) is 1. The van der Waals surface area contributed by atoms with Crippen molar-refractivity contribution < 1.29 is 4.79 Å². The Kier molecular flexibility index (Phi) is 7.61. The second kappa shape index (κ2) is 10.6. The molecule has 7 atom stereocenters. The van der Waals surface area contributed by atoms with Crippen LogP contribution in [-0.2, 0) is 4.79 Å². The van der Waals surface area contributed by atoms with Crippen molar-refractivity contribution in [1.29, 1.82) is 5.41 Å². The van der Waals surface area contributed by atoms with Gasteiger partial charge in [-0.3, -0.25) is 15.1 Å². The molecule has 0 bridgehead atoms. The van der Waals surface area contributed by atoms with Crippen LogP contribution in [0.1, 0.15) is 83.5 Å².